The number of aryl methyl sites for hydroxylation is 2. The SMILES string of the molecule is COC(=O)N(C)CC(=O)Nc1ccc2c3c(cccc13)CC2. The van der Waals surface area contributed by atoms with Crippen molar-refractivity contribution in [3.8, 4) is 0 Å². The Hall–Kier alpha value is -2.56. The molecule has 2 aromatic rings. The van der Waals surface area contributed by atoms with Crippen LogP contribution in [0.1, 0.15) is 11.1 Å². The molecule has 2 amide bonds. The number of nitrogens with one attached hydrogen (secondary N) is 1. The van der Waals surface area contributed by atoms with Crippen molar-refractivity contribution in [2.45, 2.75) is 12.8 Å². The van der Waals surface area contributed by atoms with Crippen LogP contribution in [-0.4, -0.2) is 37.6 Å². The quantitative estimate of drug-likeness (QED) is 0.947. The number of hydrogen-bond acceptors (Lipinski definition) is 3. The van der Waals surface area contributed by atoms with Gasteiger partial charge in [-0.05, 0) is 35.4 Å². The van der Waals surface area contributed by atoms with E-state index < -0.39 is 6.09 Å². The molecule has 1 N–H and O–H groups in total. The molecule has 2 aromatic carbocycles. The van der Waals surface area contributed by atoms with Gasteiger partial charge in [0.1, 0.15) is 6.54 Å². The first-order valence-corrected chi connectivity index (χ1v) is 7.22. The molecule has 1 aliphatic carbocycles. The second-order valence-corrected chi connectivity index (χ2v) is 5.49. The van der Waals surface area contributed by atoms with E-state index in [-0.39, 0.29) is 12.5 Å². The fourth-order valence-electron chi connectivity index (χ4n) is 2.98. The van der Waals surface area contributed by atoms with E-state index in [9.17, 15) is 9.59 Å². The third-order valence-corrected chi connectivity index (χ3v) is 4.02. The van der Waals surface area contributed by atoms with Crippen LogP contribution in [0.2, 0.25) is 0 Å². The monoisotopic (exact) mass is 298 g/mol. The van der Waals surface area contributed by atoms with Gasteiger partial charge in [0.15, 0.2) is 0 Å². The first kappa shape index (κ1) is 14.4. The van der Waals surface area contributed by atoms with Gasteiger partial charge in [0, 0.05) is 18.1 Å². The Labute approximate surface area is 128 Å². The van der Waals surface area contributed by atoms with Crippen LogP contribution in [0.25, 0.3) is 10.8 Å². The molecule has 0 aromatic heterocycles. The van der Waals surface area contributed by atoms with E-state index in [0.717, 1.165) is 23.9 Å². The molecular formula is C17H18N2O3. The van der Waals surface area contributed by atoms with Gasteiger partial charge in [0.05, 0.1) is 7.11 Å². The average Bonchev–Trinajstić information content (AvgIpc) is 2.94. The summed E-state index contributed by atoms with van der Waals surface area (Å²) in [6.07, 6.45) is 1.57. The second kappa shape index (κ2) is 5.67. The molecule has 5 nitrogen and oxygen atoms in total. The summed E-state index contributed by atoms with van der Waals surface area (Å²) in [5.41, 5.74) is 3.44. The maximum atomic E-state index is 12.1. The highest BCUT2D eigenvalue weighted by Gasteiger charge is 2.18. The number of hydrogen-bond donors (Lipinski definition) is 1. The number of amides is 2. The molecule has 0 spiro atoms. The van der Waals surface area contributed by atoms with E-state index in [2.05, 4.69) is 22.2 Å². The van der Waals surface area contributed by atoms with Gasteiger partial charge in [-0.25, -0.2) is 4.79 Å². The second-order valence-electron chi connectivity index (χ2n) is 5.49. The topological polar surface area (TPSA) is 58.6 Å². The maximum absolute atomic E-state index is 12.1. The Bertz CT molecular complexity index is 745. The number of nitrogens with zero attached hydrogens (tertiary/aromatic N) is 1. The molecule has 114 valence electrons. The Morgan fingerprint density at radius 3 is 2.64 bits per heavy atom. The highest BCUT2D eigenvalue weighted by molar-refractivity contribution is 6.05. The minimum absolute atomic E-state index is 0.0460. The average molecular weight is 298 g/mol. The molecule has 0 saturated heterocycles. The number of benzene rings is 2. The first-order chi connectivity index (χ1) is 10.6. The Kier molecular flexibility index (Phi) is 3.71. The number of carbonyl (C=O) groups excluding carboxylic acids is 2. The lowest BCUT2D eigenvalue weighted by Crippen LogP contribution is -2.34. The zero-order valence-electron chi connectivity index (χ0n) is 12.7. The van der Waals surface area contributed by atoms with Crippen molar-refractivity contribution >= 4 is 28.5 Å². The highest BCUT2D eigenvalue weighted by Crippen LogP contribution is 2.34. The van der Waals surface area contributed by atoms with E-state index in [0.29, 0.717) is 0 Å². The number of ether oxygens (including phenoxy) is 1. The standard InChI is InChI=1S/C17H18N2O3/c1-19(17(21)22-2)10-15(20)18-14-9-8-12-7-6-11-4-3-5-13(14)16(11)12/h3-5,8-9H,6-7,10H2,1-2H3,(H,18,20). The molecule has 0 atom stereocenters. The fraction of sp³-hybridized carbons (Fsp3) is 0.294. The number of rotatable bonds is 3. The summed E-state index contributed by atoms with van der Waals surface area (Å²) >= 11 is 0. The first-order valence-electron chi connectivity index (χ1n) is 7.22. The number of anilines is 1. The Morgan fingerprint density at radius 1 is 1.18 bits per heavy atom. The lowest BCUT2D eigenvalue weighted by Gasteiger charge is -2.16. The van der Waals surface area contributed by atoms with Crippen LogP contribution in [0.4, 0.5) is 10.5 Å². The van der Waals surface area contributed by atoms with Crippen LogP contribution in [0.5, 0.6) is 0 Å². The summed E-state index contributed by atoms with van der Waals surface area (Å²) in [5, 5.41) is 5.20. The van der Waals surface area contributed by atoms with Gasteiger partial charge in [-0.15, -0.1) is 0 Å². The van der Waals surface area contributed by atoms with E-state index >= 15 is 0 Å². The summed E-state index contributed by atoms with van der Waals surface area (Å²) in [4.78, 5) is 24.7. The van der Waals surface area contributed by atoms with E-state index in [1.54, 1.807) is 0 Å². The third kappa shape index (κ3) is 2.50. The van der Waals surface area contributed by atoms with Crippen LogP contribution >= 0.6 is 0 Å². The lowest BCUT2D eigenvalue weighted by molar-refractivity contribution is -0.116. The summed E-state index contributed by atoms with van der Waals surface area (Å²) in [6.45, 7) is -0.0460. The molecule has 0 aliphatic heterocycles. The molecule has 22 heavy (non-hydrogen) atoms. The fourth-order valence-corrected chi connectivity index (χ4v) is 2.98. The molecule has 0 unspecified atom stereocenters. The van der Waals surface area contributed by atoms with E-state index in [1.807, 2.05) is 18.2 Å². The summed E-state index contributed by atoms with van der Waals surface area (Å²) in [6, 6.07) is 10.2. The van der Waals surface area contributed by atoms with Gasteiger partial charge in [0.2, 0.25) is 5.91 Å². The number of likely N-dealkylation sites (N-methyl/N-ethyl adjacent to an activating group) is 1. The lowest BCUT2D eigenvalue weighted by atomic mass is 10.0. The van der Waals surface area contributed by atoms with Gasteiger partial charge in [-0.3, -0.25) is 4.79 Å². The van der Waals surface area contributed by atoms with Crippen molar-refractivity contribution in [3.05, 3.63) is 41.5 Å². The zero-order chi connectivity index (χ0) is 15.7. The van der Waals surface area contributed by atoms with Crippen molar-refractivity contribution in [3.63, 3.8) is 0 Å². The third-order valence-electron chi connectivity index (χ3n) is 4.02. The molecule has 0 bridgehead atoms. The van der Waals surface area contributed by atoms with Crippen LogP contribution in [0.15, 0.2) is 30.3 Å². The van der Waals surface area contributed by atoms with Crippen molar-refractivity contribution in [2.75, 3.05) is 26.0 Å². The smallest absolute Gasteiger partial charge is 0.409 e. The van der Waals surface area contributed by atoms with Crippen LogP contribution in [0, 0.1) is 0 Å². The molecule has 0 fully saturated rings. The van der Waals surface area contributed by atoms with Gasteiger partial charge >= 0.3 is 6.09 Å². The molecule has 3 rings (SSSR count). The van der Waals surface area contributed by atoms with Crippen molar-refractivity contribution in [2.24, 2.45) is 0 Å². The number of carbonyl (C=O) groups is 2. The minimum Gasteiger partial charge on any atom is -0.453 e. The molecule has 1 aliphatic rings. The molecule has 0 radical (unpaired) electrons. The van der Waals surface area contributed by atoms with Crippen molar-refractivity contribution in [1.82, 2.24) is 4.90 Å². The van der Waals surface area contributed by atoms with Crippen molar-refractivity contribution in [1.29, 1.82) is 0 Å². The van der Waals surface area contributed by atoms with Crippen LogP contribution in [0.3, 0.4) is 0 Å². The molecule has 0 saturated carbocycles. The Morgan fingerprint density at radius 2 is 1.91 bits per heavy atom. The predicted octanol–water partition coefficient (Wildman–Crippen LogP) is 2.58. The molecule has 0 heterocycles. The van der Waals surface area contributed by atoms with Gasteiger partial charge < -0.3 is 15.0 Å². The molecular weight excluding hydrogens is 280 g/mol. The van der Waals surface area contributed by atoms with Crippen LogP contribution < -0.4 is 5.32 Å². The van der Waals surface area contributed by atoms with Crippen LogP contribution in [-0.2, 0) is 22.4 Å². The summed E-state index contributed by atoms with van der Waals surface area (Å²) in [5.74, 6) is -0.244. The maximum Gasteiger partial charge on any atom is 0.409 e. The van der Waals surface area contributed by atoms with Gasteiger partial charge in [0.25, 0.3) is 0 Å². The van der Waals surface area contributed by atoms with E-state index in [1.165, 1.54) is 35.6 Å². The summed E-state index contributed by atoms with van der Waals surface area (Å²) < 4.78 is 4.58. The largest absolute Gasteiger partial charge is 0.453 e. The van der Waals surface area contributed by atoms with Gasteiger partial charge in [-0.1, -0.05) is 24.3 Å². The highest BCUT2D eigenvalue weighted by atomic mass is 16.5. The Balaban J connectivity index is 1.83. The normalized spacial score (nSPS) is 12.3. The number of methoxy groups -OCH3 is 1. The van der Waals surface area contributed by atoms with Crippen molar-refractivity contribution < 1.29 is 14.3 Å². The molecule has 5 heteroatoms. The predicted molar refractivity (Wildman–Crippen MR) is 85.0 cm³/mol. The van der Waals surface area contributed by atoms with E-state index in [4.69, 9.17) is 0 Å². The van der Waals surface area contributed by atoms with Gasteiger partial charge in [-0.2, -0.15) is 0 Å². The minimum atomic E-state index is -0.532. The zero-order valence-corrected chi connectivity index (χ0v) is 12.7. The summed E-state index contributed by atoms with van der Waals surface area (Å²) in [7, 11) is 2.82.